The van der Waals surface area contributed by atoms with Crippen LogP contribution in [-0.4, -0.2) is 24.1 Å². The number of nitro benzene ring substituents is 1. The van der Waals surface area contributed by atoms with Gasteiger partial charge in [-0.15, -0.1) is 0 Å². The highest BCUT2D eigenvalue weighted by molar-refractivity contribution is 5.82. The summed E-state index contributed by atoms with van der Waals surface area (Å²) >= 11 is 0. The van der Waals surface area contributed by atoms with Gasteiger partial charge in [-0.05, 0) is 43.3 Å². The normalized spacial score (nSPS) is 11.0. The Hall–Kier alpha value is -3.41. The molecule has 1 aromatic heterocycles. The van der Waals surface area contributed by atoms with E-state index in [1.54, 1.807) is 18.2 Å². The average molecular weight is 350 g/mol. The van der Waals surface area contributed by atoms with Crippen LogP contribution in [0, 0.1) is 17.0 Å². The fourth-order valence-electron chi connectivity index (χ4n) is 2.70. The van der Waals surface area contributed by atoms with Gasteiger partial charge in [0.2, 0.25) is 0 Å². The molecule has 3 rings (SSSR count). The molecule has 0 radical (unpaired) electrons. The molecule has 0 N–H and O–H groups in total. The van der Waals surface area contributed by atoms with Gasteiger partial charge in [-0.1, -0.05) is 17.7 Å². The molecular weight excluding hydrogens is 332 g/mol. The Morgan fingerprint density at radius 1 is 1.00 bits per heavy atom. The molecule has 132 valence electrons. The number of ether oxygens (including phenoxy) is 2. The summed E-state index contributed by atoms with van der Waals surface area (Å²) in [6, 6.07) is 12.8. The van der Waals surface area contributed by atoms with Crippen molar-refractivity contribution in [3.8, 4) is 11.5 Å². The van der Waals surface area contributed by atoms with Crippen molar-refractivity contribution >= 4 is 28.7 Å². The Labute approximate surface area is 150 Å². The lowest BCUT2D eigenvalue weighted by Crippen LogP contribution is -1.96. The largest absolute Gasteiger partial charge is 0.493 e. The van der Waals surface area contributed by atoms with Crippen molar-refractivity contribution in [2.24, 2.45) is 0 Å². The van der Waals surface area contributed by atoms with Gasteiger partial charge in [0.25, 0.3) is 5.69 Å². The summed E-state index contributed by atoms with van der Waals surface area (Å²) in [5.41, 5.74) is 3.11. The van der Waals surface area contributed by atoms with E-state index in [1.807, 2.05) is 31.2 Å². The van der Waals surface area contributed by atoms with Crippen LogP contribution in [0.2, 0.25) is 0 Å². The lowest BCUT2D eigenvalue weighted by atomic mass is 10.1. The first-order valence-electron chi connectivity index (χ1n) is 7.97. The third-order valence-corrected chi connectivity index (χ3v) is 4.03. The minimum absolute atomic E-state index is 0.0599. The Bertz CT molecular complexity index is 1010. The summed E-state index contributed by atoms with van der Waals surface area (Å²) in [4.78, 5) is 15.5. The van der Waals surface area contributed by atoms with Gasteiger partial charge in [0, 0.05) is 5.39 Å². The van der Waals surface area contributed by atoms with Crippen LogP contribution in [0.25, 0.3) is 23.1 Å². The van der Waals surface area contributed by atoms with E-state index in [2.05, 4.69) is 11.1 Å². The van der Waals surface area contributed by atoms with Gasteiger partial charge in [0.1, 0.15) is 0 Å². The van der Waals surface area contributed by atoms with E-state index < -0.39 is 4.92 Å². The summed E-state index contributed by atoms with van der Waals surface area (Å²) in [5.74, 6) is 0.746. The van der Waals surface area contributed by atoms with Crippen LogP contribution >= 0.6 is 0 Å². The van der Waals surface area contributed by atoms with Crippen LogP contribution < -0.4 is 9.47 Å². The van der Waals surface area contributed by atoms with Crippen molar-refractivity contribution in [1.29, 1.82) is 0 Å². The predicted molar refractivity (Wildman–Crippen MR) is 102 cm³/mol. The fraction of sp³-hybridized carbons (Fsp3) is 0.150. The molecule has 2 aromatic carbocycles. The number of benzene rings is 2. The molecule has 0 aliphatic rings. The van der Waals surface area contributed by atoms with Crippen molar-refractivity contribution in [1.82, 2.24) is 4.98 Å². The Morgan fingerprint density at radius 2 is 1.73 bits per heavy atom. The first-order valence-corrected chi connectivity index (χ1v) is 7.97. The molecular formula is C20H18N2O4. The first-order chi connectivity index (χ1) is 12.5. The molecule has 0 saturated heterocycles. The zero-order valence-electron chi connectivity index (χ0n) is 14.7. The van der Waals surface area contributed by atoms with Gasteiger partial charge in [0.05, 0.1) is 42.0 Å². The van der Waals surface area contributed by atoms with Crippen molar-refractivity contribution < 1.29 is 14.4 Å². The van der Waals surface area contributed by atoms with Gasteiger partial charge < -0.3 is 9.47 Å². The highest BCUT2D eigenvalue weighted by Gasteiger charge is 2.17. The molecule has 0 spiro atoms. The summed E-state index contributed by atoms with van der Waals surface area (Å²) in [7, 11) is 2.93. The Kier molecular flexibility index (Phi) is 4.84. The lowest BCUT2D eigenvalue weighted by molar-refractivity contribution is -0.385. The second-order valence-electron chi connectivity index (χ2n) is 5.79. The molecule has 1 heterocycles. The number of pyridine rings is 1. The van der Waals surface area contributed by atoms with Crippen molar-refractivity contribution in [2.45, 2.75) is 6.92 Å². The van der Waals surface area contributed by atoms with Gasteiger partial charge in [-0.3, -0.25) is 10.1 Å². The molecule has 3 aromatic rings. The van der Waals surface area contributed by atoms with Crippen LogP contribution in [0.1, 0.15) is 16.8 Å². The van der Waals surface area contributed by atoms with Gasteiger partial charge in [-0.25, -0.2) is 4.98 Å². The zero-order valence-corrected chi connectivity index (χ0v) is 14.7. The average Bonchev–Trinajstić information content (AvgIpc) is 2.65. The number of fused-ring (bicyclic) bond motifs is 1. The zero-order chi connectivity index (χ0) is 18.7. The van der Waals surface area contributed by atoms with Gasteiger partial charge >= 0.3 is 0 Å². The van der Waals surface area contributed by atoms with Crippen molar-refractivity contribution in [3.05, 3.63) is 69.4 Å². The monoisotopic (exact) mass is 350 g/mol. The highest BCUT2D eigenvalue weighted by Crippen LogP contribution is 2.35. The number of methoxy groups -OCH3 is 2. The molecule has 26 heavy (non-hydrogen) atoms. The van der Waals surface area contributed by atoms with Crippen molar-refractivity contribution in [2.75, 3.05) is 14.2 Å². The third kappa shape index (κ3) is 3.49. The molecule has 0 aliphatic heterocycles. The third-order valence-electron chi connectivity index (χ3n) is 4.03. The SMILES string of the molecule is COc1cc(/C=C/c2ccc3cc(C)ccc3n2)c([N+](=O)[O-])cc1OC. The number of aryl methyl sites for hydroxylation is 1. The summed E-state index contributed by atoms with van der Waals surface area (Å²) in [5, 5.41) is 12.4. The Balaban J connectivity index is 2.01. The van der Waals surface area contributed by atoms with E-state index in [0.717, 1.165) is 10.9 Å². The van der Waals surface area contributed by atoms with E-state index in [1.165, 1.54) is 25.8 Å². The second kappa shape index (κ2) is 7.23. The minimum Gasteiger partial charge on any atom is -0.493 e. The van der Waals surface area contributed by atoms with E-state index in [9.17, 15) is 10.1 Å². The topological polar surface area (TPSA) is 74.5 Å². The molecule has 6 nitrogen and oxygen atoms in total. The van der Waals surface area contributed by atoms with Gasteiger partial charge in [-0.2, -0.15) is 0 Å². The Morgan fingerprint density at radius 3 is 2.42 bits per heavy atom. The number of nitrogens with zero attached hydrogens (tertiary/aromatic N) is 2. The fourth-order valence-corrected chi connectivity index (χ4v) is 2.70. The smallest absolute Gasteiger partial charge is 0.280 e. The molecule has 0 amide bonds. The predicted octanol–water partition coefficient (Wildman–Crippen LogP) is 4.64. The van der Waals surface area contributed by atoms with Crippen LogP contribution in [0.5, 0.6) is 11.5 Å². The summed E-state index contributed by atoms with van der Waals surface area (Å²) in [6.45, 7) is 2.03. The molecule has 0 atom stereocenters. The quantitative estimate of drug-likeness (QED) is 0.495. The minimum atomic E-state index is -0.446. The standard InChI is InChI=1S/C20H18N2O4/c1-13-4-9-17-14(10-13)5-7-16(21-17)8-6-15-11-19(25-2)20(26-3)12-18(15)22(23)24/h4-12H,1-3H3/b8-6+. The molecule has 0 saturated carbocycles. The number of hydrogen-bond donors (Lipinski definition) is 0. The number of hydrogen-bond acceptors (Lipinski definition) is 5. The molecule has 0 fully saturated rings. The second-order valence-corrected chi connectivity index (χ2v) is 5.79. The number of rotatable bonds is 5. The highest BCUT2D eigenvalue weighted by atomic mass is 16.6. The lowest BCUT2D eigenvalue weighted by Gasteiger charge is -2.08. The van der Waals surface area contributed by atoms with Crippen LogP contribution in [-0.2, 0) is 0 Å². The number of aromatic nitrogens is 1. The molecule has 0 aliphatic carbocycles. The summed E-state index contributed by atoms with van der Waals surface area (Å²) in [6.07, 6.45) is 3.40. The maximum absolute atomic E-state index is 11.4. The number of nitro groups is 1. The molecule has 0 bridgehead atoms. The maximum atomic E-state index is 11.4. The van der Waals surface area contributed by atoms with E-state index in [4.69, 9.17) is 9.47 Å². The molecule has 6 heteroatoms. The van der Waals surface area contributed by atoms with E-state index >= 15 is 0 Å². The van der Waals surface area contributed by atoms with Crippen LogP contribution in [0.4, 0.5) is 5.69 Å². The van der Waals surface area contributed by atoms with E-state index in [-0.39, 0.29) is 5.69 Å². The van der Waals surface area contributed by atoms with E-state index in [0.29, 0.717) is 22.8 Å². The first kappa shape index (κ1) is 17.4. The van der Waals surface area contributed by atoms with Crippen molar-refractivity contribution in [3.63, 3.8) is 0 Å². The van der Waals surface area contributed by atoms with Crippen LogP contribution in [0.3, 0.4) is 0 Å². The molecule has 0 unspecified atom stereocenters. The van der Waals surface area contributed by atoms with Crippen LogP contribution in [0.15, 0.2) is 42.5 Å². The van der Waals surface area contributed by atoms with Gasteiger partial charge in [0.15, 0.2) is 11.5 Å². The maximum Gasteiger partial charge on any atom is 0.280 e. The summed E-state index contributed by atoms with van der Waals surface area (Å²) < 4.78 is 10.4.